The van der Waals surface area contributed by atoms with E-state index in [0.717, 1.165) is 19.3 Å². The molecule has 1 unspecified atom stereocenters. The summed E-state index contributed by atoms with van der Waals surface area (Å²) in [4.78, 5) is 26.5. The Morgan fingerprint density at radius 2 is 1.89 bits per heavy atom. The molecule has 0 aliphatic carbocycles. The van der Waals surface area contributed by atoms with Crippen LogP contribution in [0.5, 0.6) is 0 Å². The monoisotopic (exact) mass is 268 g/mol. The second kappa shape index (κ2) is 6.40. The number of nitrogens with zero attached hydrogens (tertiary/aromatic N) is 1. The maximum absolute atomic E-state index is 12.5. The highest BCUT2D eigenvalue weighted by Gasteiger charge is 2.45. The predicted molar refractivity (Wildman–Crippen MR) is 76.7 cm³/mol. The van der Waals surface area contributed by atoms with Crippen LogP contribution in [0.25, 0.3) is 0 Å². The zero-order chi connectivity index (χ0) is 14.6. The summed E-state index contributed by atoms with van der Waals surface area (Å²) in [5.41, 5.74) is -0.724. The maximum atomic E-state index is 12.5. The molecule has 110 valence electrons. The fourth-order valence-corrected chi connectivity index (χ4v) is 2.52. The molecule has 1 rings (SSSR count). The summed E-state index contributed by atoms with van der Waals surface area (Å²) in [7, 11) is 0. The van der Waals surface area contributed by atoms with Crippen LogP contribution in [0.2, 0.25) is 0 Å². The highest BCUT2D eigenvalue weighted by Crippen LogP contribution is 2.24. The summed E-state index contributed by atoms with van der Waals surface area (Å²) in [6.07, 6.45) is 3.89. The molecule has 1 saturated heterocycles. The Morgan fingerprint density at radius 1 is 1.26 bits per heavy atom. The second-order valence-electron chi connectivity index (χ2n) is 6.41. The van der Waals surface area contributed by atoms with Crippen LogP contribution in [0.4, 0.5) is 0 Å². The first-order chi connectivity index (χ1) is 8.80. The van der Waals surface area contributed by atoms with Crippen LogP contribution in [0.1, 0.15) is 60.3 Å². The highest BCUT2D eigenvalue weighted by atomic mass is 16.2. The van der Waals surface area contributed by atoms with Gasteiger partial charge in [0, 0.05) is 6.54 Å². The first kappa shape index (κ1) is 16.0. The van der Waals surface area contributed by atoms with Crippen LogP contribution in [-0.4, -0.2) is 34.8 Å². The number of carbonyl (C=O) groups excluding carboxylic acids is 2. The van der Waals surface area contributed by atoms with Gasteiger partial charge in [0.25, 0.3) is 0 Å². The van der Waals surface area contributed by atoms with E-state index in [4.69, 9.17) is 0 Å². The molecule has 1 atom stereocenters. The molecule has 1 N–H and O–H groups in total. The van der Waals surface area contributed by atoms with Crippen LogP contribution >= 0.6 is 0 Å². The predicted octanol–water partition coefficient (Wildman–Crippen LogP) is 2.33. The summed E-state index contributed by atoms with van der Waals surface area (Å²) in [6, 6.07) is -0.345. The van der Waals surface area contributed by atoms with Gasteiger partial charge in [0.05, 0.1) is 0 Å². The minimum Gasteiger partial charge on any atom is -0.342 e. The van der Waals surface area contributed by atoms with Crippen molar-refractivity contribution >= 4 is 11.8 Å². The summed E-state index contributed by atoms with van der Waals surface area (Å²) >= 11 is 0. The smallest absolute Gasteiger partial charge is 0.246 e. The van der Waals surface area contributed by atoms with E-state index in [1.54, 1.807) is 4.90 Å². The van der Waals surface area contributed by atoms with Crippen molar-refractivity contribution in [1.29, 1.82) is 0 Å². The average molecular weight is 268 g/mol. The van der Waals surface area contributed by atoms with Crippen LogP contribution in [0.15, 0.2) is 0 Å². The number of piperazine rings is 1. The molecule has 2 amide bonds. The largest absolute Gasteiger partial charge is 0.342 e. The normalized spacial score (nSPS) is 22.8. The van der Waals surface area contributed by atoms with Crippen molar-refractivity contribution in [3.63, 3.8) is 0 Å². The number of unbranched alkanes of at least 4 members (excludes halogenated alkanes) is 2. The Balaban J connectivity index is 2.81. The molecule has 0 aromatic heterocycles. The molecule has 0 saturated carbocycles. The van der Waals surface area contributed by atoms with E-state index in [9.17, 15) is 9.59 Å². The van der Waals surface area contributed by atoms with E-state index in [0.29, 0.717) is 18.9 Å². The Morgan fingerprint density at radius 3 is 2.42 bits per heavy atom. The zero-order valence-electron chi connectivity index (χ0n) is 13.0. The third kappa shape index (κ3) is 3.71. The van der Waals surface area contributed by atoms with E-state index in [2.05, 4.69) is 26.1 Å². The quantitative estimate of drug-likeness (QED) is 0.752. The number of amides is 2. The maximum Gasteiger partial charge on any atom is 0.246 e. The fraction of sp³-hybridized carbons (Fsp3) is 0.867. The van der Waals surface area contributed by atoms with Crippen LogP contribution < -0.4 is 5.32 Å². The molecule has 4 heteroatoms. The van der Waals surface area contributed by atoms with E-state index < -0.39 is 5.54 Å². The van der Waals surface area contributed by atoms with Gasteiger partial charge in [-0.15, -0.1) is 0 Å². The van der Waals surface area contributed by atoms with Crippen molar-refractivity contribution in [1.82, 2.24) is 10.2 Å². The molecule has 0 radical (unpaired) electrons. The van der Waals surface area contributed by atoms with Gasteiger partial charge in [0.1, 0.15) is 11.6 Å². The van der Waals surface area contributed by atoms with Gasteiger partial charge in [-0.05, 0) is 32.6 Å². The van der Waals surface area contributed by atoms with Crippen molar-refractivity contribution < 1.29 is 9.59 Å². The van der Waals surface area contributed by atoms with Gasteiger partial charge < -0.3 is 10.2 Å². The molecular formula is C15H28N2O2. The number of rotatable bonds is 6. The number of carbonyl (C=O) groups is 2. The Kier molecular flexibility index (Phi) is 5.39. The molecule has 0 aromatic carbocycles. The third-order valence-electron chi connectivity index (χ3n) is 3.79. The minimum atomic E-state index is -0.724. The molecule has 1 aliphatic rings. The van der Waals surface area contributed by atoms with Gasteiger partial charge in [-0.2, -0.15) is 0 Å². The standard InChI is InChI=1S/C15H28N2O2/c1-6-7-8-9-17-13(18)12(10-11(2)3)16-14(19)15(17,4)5/h11-12H,6-10H2,1-5H3,(H,16,19). The lowest BCUT2D eigenvalue weighted by molar-refractivity contribution is -0.155. The van der Waals surface area contributed by atoms with Gasteiger partial charge in [-0.25, -0.2) is 0 Å². The molecule has 4 nitrogen and oxygen atoms in total. The van der Waals surface area contributed by atoms with Crippen molar-refractivity contribution in [3.8, 4) is 0 Å². The van der Waals surface area contributed by atoms with E-state index in [1.807, 2.05) is 13.8 Å². The van der Waals surface area contributed by atoms with Gasteiger partial charge in [-0.3, -0.25) is 9.59 Å². The number of nitrogens with one attached hydrogen (secondary N) is 1. The van der Waals surface area contributed by atoms with Crippen LogP contribution in [-0.2, 0) is 9.59 Å². The van der Waals surface area contributed by atoms with Crippen molar-refractivity contribution in [2.24, 2.45) is 5.92 Å². The zero-order valence-corrected chi connectivity index (χ0v) is 13.0. The first-order valence-corrected chi connectivity index (χ1v) is 7.43. The molecule has 1 aliphatic heterocycles. The summed E-state index contributed by atoms with van der Waals surface area (Å²) in [5.74, 6) is 0.441. The molecule has 1 fully saturated rings. The van der Waals surface area contributed by atoms with Crippen LogP contribution in [0.3, 0.4) is 0 Å². The Hall–Kier alpha value is -1.06. The lowest BCUT2D eigenvalue weighted by Gasteiger charge is -2.44. The van der Waals surface area contributed by atoms with Crippen molar-refractivity contribution in [2.75, 3.05) is 6.54 Å². The van der Waals surface area contributed by atoms with Gasteiger partial charge in [0.15, 0.2) is 0 Å². The van der Waals surface area contributed by atoms with Gasteiger partial charge >= 0.3 is 0 Å². The lowest BCUT2D eigenvalue weighted by Crippen LogP contribution is -2.68. The summed E-state index contributed by atoms with van der Waals surface area (Å²) in [5, 5.41) is 2.88. The minimum absolute atomic E-state index is 0.0331. The van der Waals surface area contributed by atoms with Gasteiger partial charge in [0.2, 0.25) is 11.8 Å². The molecule has 19 heavy (non-hydrogen) atoms. The summed E-state index contributed by atoms with van der Waals surface area (Å²) in [6.45, 7) is 10.6. The Bertz CT molecular complexity index is 337. The average Bonchev–Trinajstić information content (AvgIpc) is 2.30. The van der Waals surface area contributed by atoms with E-state index in [-0.39, 0.29) is 17.9 Å². The number of hydrogen-bond acceptors (Lipinski definition) is 2. The molecule has 0 aromatic rings. The topological polar surface area (TPSA) is 49.4 Å². The fourth-order valence-electron chi connectivity index (χ4n) is 2.52. The molecular weight excluding hydrogens is 240 g/mol. The molecule has 1 heterocycles. The summed E-state index contributed by atoms with van der Waals surface area (Å²) < 4.78 is 0. The first-order valence-electron chi connectivity index (χ1n) is 7.43. The van der Waals surface area contributed by atoms with Crippen molar-refractivity contribution in [2.45, 2.75) is 71.9 Å². The van der Waals surface area contributed by atoms with E-state index in [1.165, 1.54) is 0 Å². The SMILES string of the molecule is CCCCCN1C(=O)C(CC(C)C)NC(=O)C1(C)C. The number of hydrogen-bond donors (Lipinski definition) is 1. The molecule has 0 bridgehead atoms. The Labute approximate surface area is 116 Å². The lowest BCUT2D eigenvalue weighted by atomic mass is 9.92. The van der Waals surface area contributed by atoms with Gasteiger partial charge in [-0.1, -0.05) is 33.6 Å². The van der Waals surface area contributed by atoms with E-state index >= 15 is 0 Å². The van der Waals surface area contributed by atoms with Crippen LogP contribution in [0, 0.1) is 5.92 Å². The third-order valence-corrected chi connectivity index (χ3v) is 3.79. The highest BCUT2D eigenvalue weighted by molar-refractivity contribution is 5.99. The molecule has 0 spiro atoms. The second-order valence-corrected chi connectivity index (χ2v) is 6.41. The van der Waals surface area contributed by atoms with Crippen molar-refractivity contribution in [3.05, 3.63) is 0 Å².